The average Bonchev–Trinajstić information content (AvgIpc) is 2.61. The van der Waals surface area contributed by atoms with E-state index in [1.54, 1.807) is 6.07 Å². The van der Waals surface area contributed by atoms with E-state index in [4.69, 9.17) is 5.73 Å². The Kier molecular flexibility index (Phi) is 3.98. The molecule has 0 saturated carbocycles. The molecule has 0 aliphatic heterocycles. The third kappa shape index (κ3) is 2.83. The number of halogens is 2. The van der Waals surface area contributed by atoms with Crippen LogP contribution in [0.2, 0.25) is 0 Å². The lowest BCUT2D eigenvalue weighted by Gasteiger charge is -2.14. The van der Waals surface area contributed by atoms with Crippen LogP contribution < -0.4 is 11.1 Å². The first-order chi connectivity index (χ1) is 8.90. The molecular formula is C13H16FIN4. The van der Waals surface area contributed by atoms with Crippen molar-refractivity contribution in [1.82, 2.24) is 9.78 Å². The van der Waals surface area contributed by atoms with Crippen LogP contribution in [0.4, 0.5) is 21.6 Å². The summed E-state index contributed by atoms with van der Waals surface area (Å²) in [6.07, 6.45) is 0. The Bertz CT molecular complexity index is 607. The zero-order valence-corrected chi connectivity index (χ0v) is 13.2. The molecule has 0 aliphatic rings. The molecule has 0 radical (unpaired) electrons. The van der Waals surface area contributed by atoms with E-state index in [-0.39, 0.29) is 11.9 Å². The number of benzene rings is 1. The van der Waals surface area contributed by atoms with Crippen molar-refractivity contribution in [1.29, 1.82) is 0 Å². The number of hydrogen-bond donors (Lipinski definition) is 2. The minimum absolute atomic E-state index is 0.191. The second-order valence-electron chi connectivity index (χ2n) is 4.64. The van der Waals surface area contributed by atoms with Gasteiger partial charge in [0.05, 0.1) is 17.1 Å². The average molecular weight is 374 g/mol. The molecule has 0 bridgehead atoms. The van der Waals surface area contributed by atoms with Crippen molar-refractivity contribution in [3.05, 3.63) is 33.3 Å². The number of nitrogens with two attached hydrogens (primary N) is 1. The number of aromatic nitrogens is 2. The molecular weight excluding hydrogens is 358 g/mol. The van der Waals surface area contributed by atoms with Gasteiger partial charge in [0.2, 0.25) is 0 Å². The Labute approximate surface area is 125 Å². The molecule has 0 amide bonds. The summed E-state index contributed by atoms with van der Waals surface area (Å²) in [6, 6.07) is 4.78. The van der Waals surface area contributed by atoms with Gasteiger partial charge in [0, 0.05) is 9.61 Å². The van der Waals surface area contributed by atoms with Crippen LogP contribution in [0, 0.1) is 16.3 Å². The highest BCUT2D eigenvalue weighted by atomic mass is 127. The number of hydrogen-bond acceptors (Lipinski definition) is 3. The van der Waals surface area contributed by atoms with Gasteiger partial charge in [0.15, 0.2) is 5.82 Å². The van der Waals surface area contributed by atoms with E-state index in [1.807, 2.05) is 25.5 Å². The largest absolute Gasteiger partial charge is 0.394 e. The molecule has 0 unspecified atom stereocenters. The Balaban J connectivity index is 2.43. The quantitative estimate of drug-likeness (QED) is 0.803. The molecule has 0 fully saturated rings. The van der Waals surface area contributed by atoms with Crippen LogP contribution in [-0.4, -0.2) is 9.78 Å². The van der Waals surface area contributed by atoms with Crippen molar-refractivity contribution in [3.63, 3.8) is 0 Å². The summed E-state index contributed by atoms with van der Waals surface area (Å²) in [7, 11) is 0. The lowest BCUT2D eigenvalue weighted by molar-refractivity contribution is 0.536. The van der Waals surface area contributed by atoms with Crippen LogP contribution in [0.1, 0.15) is 25.6 Å². The molecule has 2 rings (SSSR count). The van der Waals surface area contributed by atoms with Crippen molar-refractivity contribution in [2.45, 2.75) is 26.8 Å². The maximum atomic E-state index is 13.1. The fourth-order valence-electron chi connectivity index (χ4n) is 1.78. The molecule has 2 aromatic rings. The predicted molar refractivity (Wildman–Crippen MR) is 84.2 cm³/mol. The highest BCUT2D eigenvalue weighted by Crippen LogP contribution is 2.30. The number of nitrogens with zero attached hydrogens (tertiary/aromatic N) is 2. The van der Waals surface area contributed by atoms with Crippen molar-refractivity contribution in [3.8, 4) is 0 Å². The summed E-state index contributed by atoms with van der Waals surface area (Å²) in [5.74, 6) is 0.494. The monoisotopic (exact) mass is 374 g/mol. The maximum absolute atomic E-state index is 13.1. The smallest absolute Gasteiger partial charge is 0.152 e. The van der Waals surface area contributed by atoms with Gasteiger partial charge in [-0.3, -0.25) is 0 Å². The van der Waals surface area contributed by atoms with Gasteiger partial charge < -0.3 is 11.1 Å². The topological polar surface area (TPSA) is 55.9 Å². The fourth-order valence-corrected chi connectivity index (χ4v) is 2.39. The normalized spacial score (nSPS) is 11.1. The van der Waals surface area contributed by atoms with E-state index in [9.17, 15) is 4.39 Å². The summed E-state index contributed by atoms with van der Waals surface area (Å²) >= 11 is 2.09. The van der Waals surface area contributed by atoms with Gasteiger partial charge in [0.25, 0.3) is 0 Å². The van der Waals surface area contributed by atoms with Crippen LogP contribution >= 0.6 is 22.6 Å². The van der Waals surface area contributed by atoms with Crippen LogP contribution in [0.3, 0.4) is 0 Å². The van der Waals surface area contributed by atoms with Crippen LogP contribution in [0.15, 0.2) is 18.2 Å². The van der Waals surface area contributed by atoms with E-state index in [0.29, 0.717) is 5.69 Å². The van der Waals surface area contributed by atoms with E-state index in [1.165, 1.54) is 12.1 Å². The summed E-state index contributed by atoms with van der Waals surface area (Å²) in [5.41, 5.74) is 8.27. The van der Waals surface area contributed by atoms with Gasteiger partial charge in [-0.25, -0.2) is 9.07 Å². The first-order valence-electron chi connectivity index (χ1n) is 5.96. The number of anilines is 3. The lowest BCUT2D eigenvalue weighted by atomic mass is 10.3. The standard InChI is InChI=1S/C13H16FIN4/c1-7(2)19-13(12(16)8(3)18-19)17-11-5-4-9(14)6-10(11)15/h4-7,17H,16H2,1-3H3. The number of aryl methyl sites for hydroxylation is 1. The first kappa shape index (κ1) is 14.1. The fraction of sp³-hybridized carbons (Fsp3) is 0.308. The molecule has 19 heavy (non-hydrogen) atoms. The minimum atomic E-state index is -0.253. The van der Waals surface area contributed by atoms with Crippen molar-refractivity contribution in [2.24, 2.45) is 0 Å². The molecule has 0 spiro atoms. The van der Waals surface area contributed by atoms with Crippen molar-refractivity contribution in [2.75, 3.05) is 11.1 Å². The molecule has 0 atom stereocenters. The van der Waals surface area contributed by atoms with Gasteiger partial charge in [-0.05, 0) is 61.6 Å². The SMILES string of the molecule is Cc1nn(C(C)C)c(Nc2ccc(F)cc2I)c1N. The Morgan fingerprint density at radius 2 is 2.11 bits per heavy atom. The highest BCUT2D eigenvalue weighted by molar-refractivity contribution is 14.1. The van der Waals surface area contributed by atoms with E-state index < -0.39 is 0 Å². The second kappa shape index (κ2) is 5.36. The number of nitrogens with one attached hydrogen (secondary N) is 1. The number of nitrogen functional groups attached to an aromatic ring is 1. The Hall–Kier alpha value is -1.31. The third-order valence-corrected chi connectivity index (χ3v) is 3.70. The molecule has 3 N–H and O–H groups in total. The number of rotatable bonds is 3. The van der Waals surface area contributed by atoms with Gasteiger partial charge in [0.1, 0.15) is 5.82 Å². The van der Waals surface area contributed by atoms with E-state index >= 15 is 0 Å². The highest BCUT2D eigenvalue weighted by Gasteiger charge is 2.15. The third-order valence-electron chi connectivity index (χ3n) is 2.81. The molecule has 0 saturated heterocycles. The molecule has 102 valence electrons. The van der Waals surface area contributed by atoms with Crippen LogP contribution in [-0.2, 0) is 0 Å². The van der Waals surface area contributed by atoms with Gasteiger partial charge >= 0.3 is 0 Å². The summed E-state index contributed by atoms with van der Waals surface area (Å²) in [5, 5.41) is 7.65. The van der Waals surface area contributed by atoms with E-state index in [2.05, 4.69) is 33.0 Å². The summed E-state index contributed by atoms with van der Waals surface area (Å²) in [6.45, 7) is 5.94. The Morgan fingerprint density at radius 3 is 2.68 bits per heavy atom. The predicted octanol–water partition coefficient (Wildman–Crippen LogP) is 3.84. The summed E-state index contributed by atoms with van der Waals surface area (Å²) < 4.78 is 15.7. The van der Waals surface area contributed by atoms with Gasteiger partial charge in [-0.2, -0.15) is 5.10 Å². The van der Waals surface area contributed by atoms with Crippen molar-refractivity contribution < 1.29 is 4.39 Å². The lowest BCUT2D eigenvalue weighted by Crippen LogP contribution is -2.08. The Morgan fingerprint density at radius 1 is 1.42 bits per heavy atom. The van der Waals surface area contributed by atoms with Gasteiger partial charge in [-0.15, -0.1) is 0 Å². The molecule has 1 aromatic heterocycles. The zero-order chi connectivity index (χ0) is 14.2. The first-order valence-corrected chi connectivity index (χ1v) is 7.04. The van der Waals surface area contributed by atoms with E-state index in [0.717, 1.165) is 20.8 Å². The zero-order valence-electron chi connectivity index (χ0n) is 11.0. The van der Waals surface area contributed by atoms with Crippen LogP contribution in [0.25, 0.3) is 0 Å². The molecule has 1 heterocycles. The van der Waals surface area contributed by atoms with Gasteiger partial charge in [-0.1, -0.05) is 0 Å². The molecule has 0 aliphatic carbocycles. The molecule has 4 nitrogen and oxygen atoms in total. The van der Waals surface area contributed by atoms with Crippen molar-refractivity contribution >= 4 is 39.8 Å². The minimum Gasteiger partial charge on any atom is -0.394 e. The molecule has 6 heteroatoms. The molecule has 1 aromatic carbocycles. The van der Waals surface area contributed by atoms with Crippen LogP contribution in [0.5, 0.6) is 0 Å². The second-order valence-corrected chi connectivity index (χ2v) is 5.80. The summed E-state index contributed by atoms with van der Waals surface area (Å²) in [4.78, 5) is 0. The maximum Gasteiger partial charge on any atom is 0.152 e.